The molecule has 0 spiro atoms. The maximum atomic E-state index is 12.8. The van der Waals surface area contributed by atoms with E-state index >= 15 is 0 Å². The largest absolute Gasteiger partial charge is 0.507 e. The van der Waals surface area contributed by atoms with Gasteiger partial charge in [0, 0.05) is 17.2 Å². The number of carbonyl (C=O) groups is 3. The highest BCUT2D eigenvalue weighted by Gasteiger charge is 2.47. The van der Waals surface area contributed by atoms with E-state index in [0.29, 0.717) is 16.9 Å². The zero-order chi connectivity index (χ0) is 21.1. The summed E-state index contributed by atoms with van der Waals surface area (Å²) in [6, 6.07) is 11.8. The Labute approximate surface area is 166 Å². The summed E-state index contributed by atoms with van der Waals surface area (Å²) in [5.41, 5.74) is 0.482. The molecule has 150 valence electrons. The molecule has 29 heavy (non-hydrogen) atoms. The second kappa shape index (κ2) is 8.05. The van der Waals surface area contributed by atoms with Crippen LogP contribution in [0, 0.1) is 0 Å². The summed E-state index contributed by atoms with van der Waals surface area (Å²) in [7, 11) is 2.87. The second-order valence-electron chi connectivity index (χ2n) is 6.29. The molecule has 1 atom stereocenters. The lowest BCUT2D eigenvalue weighted by atomic mass is 9.94. The van der Waals surface area contributed by atoms with Gasteiger partial charge in [-0.1, -0.05) is 30.3 Å². The number of likely N-dealkylation sites (tertiary alicyclic amines) is 1. The average molecular weight is 397 g/mol. The van der Waals surface area contributed by atoms with Crippen LogP contribution in [-0.4, -0.2) is 53.5 Å². The topological polar surface area (TPSA) is 113 Å². The number of methoxy groups -OCH3 is 2. The van der Waals surface area contributed by atoms with Gasteiger partial charge in [-0.25, -0.2) is 0 Å². The molecule has 2 aromatic carbocycles. The summed E-state index contributed by atoms with van der Waals surface area (Å²) in [6.07, 6.45) is 0. The number of benzene rings is 2. The average Bonchev–Trinajstić information content (AvgIpc) is 2.97. The molecule has 8 nitrogen and oxygen atoms in total. The zero-order valence-electron chi connectivity index (χ0n) is 15.8. The van der Waals surface area contributed by atoms with Crippen LogP contribution in [0.3, 0.4) is 0 Å². The number of rotatable bonds is 6. The molecule has 0 saturated carbocycles. The molecule has 1 fully saturated rings. The van der Waals surface area contributed by atoms with E-state index in [0.717, 1.165) is 4.90 Å². The maximum absolute atomic E-state index is 12.8. The van der Waals surface area contributed by atoms with Crippen molar-refractivity contribution in [3.05, 3.63) is 65.2 Å². The van der Waals surface area contributed by atoms with E-state index in [1.807, 2.05) is 0 Å². The molecule has 0 unspecified atom stereocenters. The number of aliphatic hydroxyl groups excluding tert-OH is 1. The molecule has 0 radical (unpaired) electrons. The number of amides is 1. The van der Waals surface area contributed by atoms with Crippen LogP contribution in [0.5, 0.6) is 11.5 Å². The lowest BCUT2D eigenvalue weighted by Gasteiger charge is -2.25. The van der Waals surface area contributed by atoms with E-state index in [2.05, 4.69) is 0 Å². The van der Waals surface area contributed by atoms with Gasteiger partial charge in [-0.15, -0.1) is 0 Å². The van der Waals surface area contributed by atoms with Crippen LogP contribution in [0.15, 0.2) is 54.1 Å². The fourth-order valence-electron chi connectivity index (χ4n) is 3.31. The van der Waals surface area contributed by atoms with E-state index in [1.54, 1.807) is 48.5 Å². The highest BCUT2D eigenvalue weighted by Crippen LogP contribution is 2.43. The normalized spacial score (nSPS) is 18.0. The molecular formula is C21H19NO7. The first-order valence-electron chi connectivity index (χ1n) is 8.66. The van der Waals surface area contributed by atoms with Crippen LogP contribution in [0.4, 0.5) is 0 Å². The van der Waals surface area contributed by atoms with Crippen molar-refractivity contribution in [2.45, 2.75) is 6.04 Å². The summed E-state index contributed by atoms with van der Waals surface area (Å²) in [5.74, 6) is -2.89. The number of nitrogens with zero attached hydrogens (tertiary/aromatic N) is 1. The van der Waals surface area contributed by atoms with Crippen molar-refractivity contribution in [3.63, 3.8) is 0 Å². The third-order valence-electron chi connectivity index (χ3n) is 4.63. The van der Waals surface area contributed by atoms with Crippen molar-refractivity contribution in [3.8, 4) is 11.5 Å². The Morgan fingerprint density at radius 2 is 1.72 bits per heavy atom. The quantitative estimate of drug-likeness (QED) is 0.436. The minimum Gasteiger partial charge on any atom is -0.507 e. The summed E-state index contributed by atoms with van der Waals surface area (Å²) < 4.78 is 10.5. The Kier molecular flexibility index (Phi) is 5.54. The minimum atomic E-state index is -1.29. The van der Waals surface area contributed by atoms with Gasteiger partial charge in [-0.2, -0.15) is 0 Å². The van der Waals surface area contributed by atoms with Crippen molar-refractivity contribution in [2.75, 3.05) is 20.8 Å². The van der Waals surface area contributed by atoms with Crippen LogP contribution in [0.2, 0.25) is 0 Å². The van der Waals surface area contributed by atoms with Crippen molar-refractivity contribution in [1.82, 2.24) is 4.90 Å². The first kappa shape index (κ1) is 19.9. The number of Topliss-reactive ketones (excluding diaryl/α,β-unsaturated/α-hetero) is 1. The van der Waals surface area contributed by atoms with Crippen LogP contribution in [0.1, 0.15) is 17.2 Å². The highest BCUT2D eigenvalue weighted by atomic mass is 16.5. The Bertz CT molecular complexity index is 997. The fraction of sp³-hybridized carbons (Fsp3) is 0.190. The lowest BCUT2D eigenvalue weighted by molar-refractivity contribution is -0.146. The monoisotopic (exact) mass is 397 g/mol. The summed E-state index contributed by atoms with van der Waals surface area (Å²) in [5, 5.41) is 20.1. The molecule has 2 aromatic rings. The van der Waals surface area contributed by atoms with Crippen molar-refractivity contribution < 1.29 is 34.1 Å². The first-order chi connectivity index (χ1) is 13.9. The van der Waals surface area contributed by atoms with E-state index in [-0.39, 0.29) is 17.1 Å². The van der Waals surface area contributed by atoms with Crippen molar-refractivity contribution in [2.24, 2.45) is 0 Å². The van der Waals surface area contributed by atoms with Gasteiger partial charge in [0.1, 0.15) is 23.8 Å². The van der Waals surface area contributed by atoms with Crippen LogP contribution >= 0.6 is 0 Å². The first-order valence-corrected chi connectivity index (χ1v) is 8.66. The maximum Gasteiger partial charge on any atom is 0.323 e. The third kappa shape index (κ3) is 3.64. The summed E-state index contributed by atoms with van der Waals surface area (Å²) in [6.45, 7) is -0.712. The Morgan fingerprint density at radius 1 is 1.03 bits per heavy atom. The number of aliphatic carboxylic acids is 1. The molecule has 1 amide bonds. The Hall–Kier alpha value is -3.81. The SMILES string of the molecule is COc1ccc([C@H]2C(=C(O)c3ccccc3)C(=O)C(=O)N2CC(=O)O)c(OC)c1. The Balaban J connectivity index is 2.25. The van der Waals surface area contributed by atoms with E-state index in [9.17, 15) is 24.6 Å². The number of hydrogen-bond donors (Lipinski definition) is 2. The molecule has 1 saturated heterocycles. The van der Waals surface area contributed by atoms with E-state index < -0.39 is 30.2 Å². The second-order valence-corrected chi connectivity index (χ2v) is 6.29. The lowest BCUT2D eigenvalue weighted by Crippen LogP contribution is -2.34. The van der Waals surface area contributed by atoms with Crippen LogP contribution in [0.25, 0.3) is 5.76 Å². The fourth-order valence-corrected chi connectivity index (χ4v) is 3.31. The molecule has 1 heterocycles. The number of aliphatic hydroxyl groups is 1. The Morgan fingerprint density at radius 3 is 2.31 bits per heavy atom. The molecule has 1 aliphatic heterocycles. The molecule has 2 N–H and O–H groups in total. The van der Waals surface area contributed by atoms with Gasteiger partial charge < -0.3 is 24.6 Å². The van der Waals surface area contributed by atoms with E-state index in [4.69, 9.17) is 9.47 Å². The molecule has 0 bridgehead atoms. The molecule has 1 aliphatic rings. The van der Waals surface area contributed by atoms with Gasteiger partial charge in [-0.3, -0.25) is 14.4 Å². The van der Waals surface area contributed by atoms with Crippen molar-refractivity contribution in [1.29, 1.82) is 0 Å². The van der Waals surface area contributed by atoms with Gasteiger partial charge >= 0.3 is 5.97 Å². The molecule has 0 aromatic heterocycles. The number of ether oxygens (including phenoxy) is 2. The summed E-state index contributed by atoms with van der Waals surface area (Å²) in [4.78, 5) is 37.6. The molecular weight excluding hydrogens is 378 g/mol. The van der Waals surface area contributed by atoms with Crippen LogP contribution in [-0.2, 0) is 14.4 Å². The standard InChI is InChI=1S/C21H19NO7/c1-28-13-8-9-14(15(10-13)29-2)18-17(19(25)12-6-4-3-5-7-12)20(26)21(27)22(18)11-16(23)24/h3-10,18,25H,11H2,1-2H3,(H,23,24)/t18-/m0/s1. The number of ketones is 1. The predicted molar refractivity (Wildman–Crippen MR) is 103 cm³/mol. The zero-order valence-corrected chi connectivity index (χ0v) is 15.8. The predicted octanol–water partition coefficient (Wildman–Crippen LogP) is 2.21. The summed E-state index contributed by atoms with van der Waals surface area (Å²) >= 11 is 0. The van der Waals surface area contributed by atoms with Crippen LogP contribution < -0.4 is 9.47 Å². The molecule has 0 aliphatic carbocycles. The smallest absolute Gasteiger partial charge is 0.323 e. The van der Waals surface area contributed by atoms with Gasteiger partial charge in [-0.05, 0) is 12.1 Å². The van der Waals surface area contributed by atoms with Crippen molar-refractivity contribution >= 4 is 23.4 Å². The van der Waals surface area contributed by atoms with Gasteiger partial charge in [0.15, 0.2) is 0 Å². The van der Waals surface area contributed by atoms with Gasteiger partial charge in [0.05, 0.1) is 25.8 Å². The number of carbonyl (C=O) groups excluding carboxylic acids is 2. The van der Waals surface area contributed by atoms with Gasteiger partial charge in [0.25, 0.3) is 11.7 Å². The third-order valence-corrected chi connectivity index (χ3v) is 4.63. The number of hydrogen-bond acceptors (Lipinski definition) is 6. The number of carboxylic acid groups (broad SMARTS) is 1. The van der Waals surface area contributed by atoms with E-state index in [1.165, 1.54) is 14.2 Å². The number of carboxylic acids is 1. The molecule has 8 heteroatoms. The van der Waals surface area contributed by atoms with Gasteiger partial charge in [0.2, 0.25) is 0 Å². The molecule has 3 rings (SSSR count). The minimum absolute atomic E-state index is 0.203. The highest BCUT2D eigenvalue weighted by molar-refractivity contribution is 6.46.